The topological polar surface area (TPSA) is 41.6 Å². The van der Waals surface area contributed by atoms with E-state index < -0.39 is 5.60 Å². The summed E-state index contributed by atoms with van der Waals surface area (Å²) in [4.78, 5) is 14.5. The predicted molar refractivity (Wildman–Crippen MR) is 93.3 cm³/mol. The maximum absolute atomic E-state index is 12.1. The second-order valence-electron chi connectivity index (χ2n) is 7.75. The van der Waals surface area contributed by atoms with Gasteiger partial charge >= 0.3 is 6.09 Å². The molecule has 1 aromatic carbocycles. The molecule has 0 saturated carbocycles. The normalized spacial score (nSPS) is 25.9. The van der Waals surface area contributed by atoms with Crippen molar-refractivity contribution in [1.29, 1.82) is 0 Å². The monoisotopic (exact) mass is 318 g/mol. The van der Waals surface area contributed by atoms with Gasteiger partial charge in [0.2, 0.25) is 0 Å². The second-order valence-corrected chi connectivity index (χ2v) is 7.75. The van der Waals surface area contributed by atoms with Gasteiger partial charge < -0.3 is 10.1 Å². The predicted octanol–water partition coefficient (Wildman–Crippen LogP) is 3.81. The van der Waals surface area contributed by atoms with Gasteiger partial charge in [-0.25, -0.2) is 4.79 Å². The zero-order valence-electron chi connectivity index (χ0n) is 15.0. The van der Waals surface area contributed by atoms with Crippen LogP contribution in [0.25, 0.3) is 0 Å². The molecule has 0 aliphatic carbocycles. The fourth-order valence-electron chi connectivity index (χ4n) is 3.19. The zero-order valence-corrected chi connectivity index (χ0v) is 15.0. The lowest BCUT2D eigenvalue weighted by atomic mass is 9.90. The van der Waals surface area contributed by atoms with E-state index in [9.17, 15) is 4.79 Å². The number of benzene rings is 1. The zero-order chi connectivity index (χ0) is 17.0. The number of amides is 1. The molecule has 0 radical (unpaired) electrons. The van der Waals surface area contributed by atoms with Crippen LogP contribution in [-0.4, -0.2) is 35.2 Å². The van der Waals surface area contributed by atoms with E-state index in [4.69, 9.17) is 4.74 Å². The minimum atomic E-state index is -0.461. The van der Waals surface area contributed by atoms with Gasteiger partial charge in [-0.1, -0.05) is 37.3 Å². The minimum absolute atomic E-state index is 0.123. The maximum atomic E-state index is 12.1. The van der Waals surface area contributed by atoms with Crippen molar-refractivity contribution in [2.24, 2.45) is 5.92 Å². The van der Waals surface area contributed by atoms with Crippen molar-refractivity contribution in [2.45, 2.75) is 65.3 Å². The highest BCUT2D eigenvalue weighted by molar-refractivity contribution is 5.68. The molecule has 0 spiro atoms. The average Bonchev–Trinajstić information content (AvgIpc) is 2.43. The van der Waals surface area contributed by atoms with Gasteiger partial charge in [-0.3, -0.25) is 4.90 Å². The van der Waals surface area contributed by atoms with Crippen LogP contribution >= 0.6 is 0 Å². The van der Waals surface area contributed by atoms with Crippen LogP contribution in [0.15, 0.2) is 30.3 Å². The van der Waals surface area contributed by atoms with Gasteiger partial charge in [0.05, 0.1) is 0 Å². The van der Waals surface area contributed by atoms with Gasteiger partial charge in [-0.2, -0.15) is 0 Å². The van der Waals surface area contributed by atoms with E-state index in [0.29, 0.717) is 12.0 Å². The summed E-state index contributed by atoms with van der Waals surface area (Å²) < 4.78 is 5.41. The lowest BCUT2D eigenvalue weighted by molar-refractivity contribution is 0.0363. The molecule has 4 heteroatoms. The molecule has 2 rings (SSSR count). The van der Waals surface area contributed by atoms with Crippen LogP contribution in [0.2, 0.25) is 0 Å². The van der Waals surface area contributed by atoms with E-state index in [-0.39, 0.29) is 12.1 Å². The lowest BCUT2D eigenvalue weighted by Gasteiger charge is -2.42. The number of nitrogens with zero attached hydrogens (tertiary/aromatic N) is 1. The third kappa shape index (κ3) is 5.54. The Labute approximate surface area is 140 Å². The summed E-state index contributed by atoms with van der Waals surface area (Å²) in [5.41, 5.74) is 0.849. The van der Waals surface area contributed by atoms with Crippen LogP contribution in [0.1, 0.15) is 46.6 Å². The number of hydrogen-bond acceptors (Lipinski definition) is 3. The Kier molecular flexibility index (Phi) is 5.69. The molecule has 1 aliphatic rings. The van der Waals surface area contributed by atoms with E-state index in [2.05, 4.69) is 48.3 Å². The molecule has 1 aliphatic heterocycles. The SMILES string of the molecule is C[C@H]1C[C@H](NC(=O)OC(C)(C)C)[C@H](C)N(Cc2ccccc2)C1. The molecule has 0 unspecified atom stereocenters. The molecule has 4 nitrogen and oxygen atoms in total. The van der Waals surface area contributed by atoms with Crippen molar-refractivity contribution in [1.82, 2.24) is 10.2 Å². The molecule has 128 valence electrons. The molecule has 23 heavy (non-hydrogen) atoms. The fourth-order valence-corrected chi connectivity index (χ4v) is 3.19. The first-order valence-electron chi connectivity index (χ1n) is 8.52. The first-order valence-corrected chi connectivity index (χ1v) is 8.52. The Balaban J connectivity index is 1.99. The van der Waals surface area contributed by atoms with E-state index in [1.54, 1.807) is 0 Å². The number of hydrogen-bond donors (Lipinski definition) is 1. The highest BCUT2D eigenvalue weighted by Gasteiger charge is 2.33. The fraction of sp³-hybridized carbons (Fsp3) is 0.632. The second kappa shape index (κ2) is 7.35. The van der Waals surface area contributed by atoms with E-state index in [0.717, 1.165) is 19.5 Å². The lowest BCUT2D eigenvalue weighted by Crippen LogP contribution is -2.56. The van der Waals surface area contributed by atoms with Gasteiger partial charge in [0.1, 0.15) is 5.60 Å². The maximum Gasteiger partial charge on any atom is 0.407 e. The first kappa shape index (κ1) is 17.8. The summed E-state index contributed by atoms with van der Waals surface area (Å²) in [6, 6.07) is 10.9. The van der Waals surface area contributed by atoms with Crippen LogP contribution in [0.4, 0.5) is 4.79 Å². The Hall–Kier alpha value is -1.55. The number of rotatable bonds is 3. The summed E-state index contributed by atoms with van der Waals surface area (Å²) in [6.07, 6.45) is 0.675. The van der Waals surface area contributed by atoms with Gasteiger partial charge in [-0.05, 0) is 45.6 Å². The molecular weight excluding hydrogens is 288 g/mol. The van der Waals surface area contributed by atoms with E-state index >= 15 is 0 Å². The largest absolute Gasteiger partial charge is 0.444 e. The number of likely N-dealkylation sites (tertiary alicyclic amines) is 1. The van der Waals surface area contributed by atoms with E-state index in [1.165, 1.54) is 5.56 Å². The van der Waals surface area contributed by atoms with Crippen molar-refractivity contribution in [3.63, 3.8) is 0 Å². The summed E-state index contributed by atoms with van der Waals surface area (Å²) >= 11 is 0. The molecule has 1 fully saturated rings. The first-order chi connectivity index (χ1) is 10.7. The van der Waals surface area contributed by atoms with Crippen LogP contribution in [0.5, 0.6) is 0 Å². The molecule has 1 saturated heterocycles. The summed E-state index contributed by atoms with van der Waals surface area (Å²) in [6.45, 7) is 12.1. The number of carbonyl (C=O) groups is 1. The van der Waals surface area contributed by atoms with Crippen molar-refractivity contribution >= 4 is 6.09 Å². The Morgan fingerprint density at radius 2 is 1.91 bits per heavy atom. The van der Waals surface area contributed by atoms with Crippen LogP contribution < -0.4 is 5.32 Å². The van der Waals surface area contributed by atoms with Crippen LogP contribution in [0, 0.1) is 5.92 Å². The molecule has 0 bridgehead atoms. The standard InChI is InChI=1S/C19H30N2O2/c1-14-11-17(20-18(22)23-19(3,4)5)15(2)21(12-14)13-16-9-7-6-8-10-16/h6-10,14-15,17H,11-13H2,1-5H3,(H,20,22)/t14-,15-,17-/m0/s1. The highest BCUT2D eigenvalue weighted by atomic mass is 16.6. The van der Waals surface area contributed by atoms with Crippen LogP contribution in [-0.2, 0) is 11.3 Å². The van der Waals surface area contributed by atoms with Gasteiger partial charge in [0.15, 0.2) is 0 Å². The van der Waals surface area contributed by atoms with Crippen LogP contribution in [0.3, 0.4) is 0 Å². The minimum Gasteiger partial charge on any atom is -0.444 e. The number of nitrogens with one attached hydrogen (secondary N) is 1. The highest BCUT2D eigenvalue weighted by Crippen LogP contribution is 2.24. The smallest absolute Gasteiger partial charge is 0.407 e. The average molecular weight is 318 g/mol. The van der Waals surface area contributed by atoms with Gasteiger partial charge in [0, 0.05) is 25.2 Å². The van der Waals surface area contributed by atoms with E-state index in [1.807, 2.05) is 26.8 Å². The summed E-state index contributed by atoms with van der Waals surface area (Å²) in [5, 5.41) is 3.07. The molecule has 1 heterocycles. The molecule has 1 amide bonds. The molecule has 3 atom stereocenters. The number of ether oxygens (including phenoxy) is 1. The van der Waals surface area contributed by atoms with Crippen molar-refractivity contribution in [3.05, 3.63) is 35.9 Å². The molecule has 0 aromatic heterocycles. The number of alkyl carbamates (subject to hydrolysis) is 1. The van der Waals surface area contributed by atoms with Crippen molar-refractivity contribution in [3.8, 4) is 0 Å². The quantitative estimate of drug-likeness (QED) is 0.921. The van der Waals surface area contributed by atoms with Crippen molar-refractivity contribution in [2.75, 3.05) is 6.54 Å². The summed E-state index contributed by atoms with van der Waals surface area (Å²) in [7, 11) is 0. The number of carbonyl (C=O) groups excluding carboxylic acids is 1. The summed E-state index contributed by atoms with van der Waals surface area (Å²) in [5.74, 6) is 0.551. The molecule has 1 N–H and O–H groups in total. The third-order valence-corrected chi connectivity index (χ3v) is 4.29. The third-order valence-electron chi connectivity index (χ3n) is 4.29. The van der Waals surface area contributed by atoms with Gasteiger partial charge in [-0.15, -0.1) is 0 Å². The van der Waals surface area contributed by atoms with Crippen molar-refractivity contribution < 1.29 is 9.53 Å². The Morgan fingerprint density at radius 1 is 1.26 bits per heavy atom. The molecular formula is C19H30N2O2. The Morgan fingerprint density at radius 3 is 2.52 bits per heavy atom. The molecule has 1 aromatic rings. The van der Waals surface area contributed by atoms with Gasteiger partial charge in [0.25, 0.3) is 0 Å². The Bertz CT molecular complexity index is 510. The number of piperidine rings is 1.